The van der Waals surface area contributed by atoms with Gasteiger partial charge >= 0.3 is 5.97 Å². The van der Waals surface area contributed by atoms with Gasteiger partial charge in [-0.15, -0.1) is 0 Å². The monoisotopic (exact) mass is 237 g/mol. The van der Waals surface area contributed by atoms with Gasteiger partial charge in [0.1, 0.15) is 12.3 Å². The van der Waals surface area contributed by atoms with Crippen molar-refractivity contribution in [3.63, 3.8) is 0 Å². The van der Waals surface area contributed by atoms with Crippen LogP contribution in [0.15, 0.2) is 18.2 Å². The lowest BCUT2D eigenvalue weighted by Gasteiger charge is -2.10. The lowest BCUT2D eigenvalue weighted by Crippen LogP contribution is -2.16. The number of esters is 1. The Kier molecular flexibility index (Phi) is 5.33. The first-order chi connectivity index (χ1) is 8.17. The van der Waals surface area contributed by atoms with Crippen LogP contribution in [0.25, 0.3) is 0 Å². The van der Waals surface area contributed by atoms with E-state index in [0.717, 1.165) is 17.0 Å². The molecule has 1 N–H and O–H groups in total. The number of rotatable bonds is 6. The summed E-state index contributed by atoms with van der Waals surface area (Å²) in [6.07, 6.45) is 0. The van der Waals surface area contributed by atoms with Crippen molar-refractivity contribution < 1.29 is 14.3 Å². The molecule has 0 atom stereocenters. The predicted molar refractivity (Wildman–Crippen MR) is 67.5 cm³/mol. The van der Waals surface area contributed by atoms with Crippen LogP contribution >= 0.6 is 0 Å². The first-order valence-corrected chi connectivity index (χ1v) is 5.80. The molecule has 1 aromatic carbocycles. The van der Waals surface area contributed by atoms with Crippen molar-refractivity contribution >= 4 is 11.7 Å². The van der Waals surface area contributed by atoms with Crippen LogP contribution in [0.2, 0.25) is 0 Å². The van der Waals surface area contributed by atoms with Crippen LogP contribution in [-0.2, 0) is 9.53 Å². The van der Waals surface area contributed by atoms with Crippen molar-refractivity contribution in [1.29, 1.82) is 0 Å². The van der Waals surface area contributed by atoms with Crippen molar-refractivity contribution in [3.8, 4) is 5.75 Å². The molecule has 0 aliphatic carbocycles. The summed E-state index contributed by atoms with van der Waals surface area (Å²) in [6.45, 7) is 6.95. The lowest BCUT2D eigenvalue weighted by molar-refractivity contribution is -0.140. The Morgan fingerprint density at radius 3 is 2.65 bits per heavy atom. The maximum absolute atomic E-state index is 11.2. The Labute approximate surface area is 102 Å². The highest BCUT2D eigenvalue weighted by atomic mass is 16.5. The molecule has 0 radical (unpaired) electrons. The number of anilines is 1. The van der Waals surface area contributed by atoms with Crippen LogP contribution in [-0.4, -0.2) is 25.7 Å². The first kappa shape index (κ1) is 13.4. The Balaban J connectivity index is 2.55. The molecule has 0 amide bonds. The van der Waals surface area contributed by atoms with E-state index in [1.165, 1.54) is 0 Å². The summed E-state index contributed by atoms with van der Waals surface area (Å²) < 4.78 is 10.3. The van der Waals surface area contributed by atoms with Gasteiger partial charge in [0.15, 0.2) is 0 Å². The highest BCUT2D eigenvalue weighted by Crippen LogP contribution is 2.21. The average molecular weight is 237 g/mol. The van der Waals surface area contributed by atoms with Crippen LogP contribution in [0.1, 0.15) is 19.4 Å². The van der Waals surface area contributed by atoms with Gasteiger partial charge in [0.25, 0.3) is 0 Å². The molecule has 0 unspecified atom stereocenters. The second kappa shape index (κ2) is 6.78. The van der Waals surface area contributed by atoms with Crippen molar-refractivity contribution in [3.05, 3.63) is 23.8 Å². The molecule has 4 heteroatoms. The van der Waals surface area contributed by atoms with Crippen molar-refractivity contribution in [1.82, 2.24) is 0 Å². The van der Waals surface area contributed by atoms with Gasteiger partial charge in [0, 0.05) is 5.69 Å². The van der Waals surface area contributed by atoms with E-state index >= 15 is 0 Å². The van der Waals surface area contributed by atoms with Gasteiger partial charge in [0.2, 0.25) is 0 Å². The predicted octanol–water partition coefficient (Wildman–Crippen LogP) is 2.37. The molecule has 0 spiro atoms. The molecule has 0 aromatic heterocycles. The number of benzene rings is 1. The van der Waals surface area contributed by atoms with E-state index in [1.54, 1.807) is 6.92 Å². The molecular formula is C13H19NO3. The number of nitrogens with one attached hydrogen (secondary N) is 1. The molecule has 4 nitrogen and oxygen atoms in total. The summed E-state index contributed by atoms with van der Waals surface area (Å²) >= 11 is 0. The van der Waals surface area contributed by atoms with Gasteiger partial charge < -0.3 is 14.8 Å². The second-order valence-electron chi connectivity index (χ2n) is 3.57. The maximum atomic E-state index is 11.2. The normalized spacial score (nSPS) is 9.82. The van der Waals surface area contributed by atoms with Gasteiger partial charge in [-0.25, -0.2) is 0 Å². The summed E-state index contributed by atoms with van der Waals surface area (Å²) in [7, 11) is 0. The Morgan fingerprint density at radius 1 is 1.29 bits per heavy atom. The second-order valence-corrected chi connectivity index (χ2v) is 3.57. The van der Waals surface area contributed by atoms with E-state index in [0.29, 0.717) is 13.2 Å². The third-order valence-corrected chi connectivity index (χ3v) is 2.22. The van der Waals surface area contributed by atoms with Gasteiger partial charge in [-0.1, -0.05) is 0 Å². The molecule has 0 heterocycles. The molecule has 1 rings (SSSR count). The minimum Gasteiger partial charge on any atom is -0.494 e. The van der Waals surface area contributed by atoms with E-state index in [9.17, 15) is 4.79 Å². The SMILES string of the molecule is CCOC(=O)CNc1ccc(OCC)c(C)c1. The zero-order chi connectivity index (χ0) is 12.7. The van der Waals surface area contributed by atoms with Crippen LogP contribution in [0, 0.1) is 6.92 Å². The highest BCUT2D eigenvalue weighted by Gasteiger charge is 2.03. The maximum Gasteiger partial charge on any atom is 0.325 e. The molecule has 1 aromatic rings. The number of aryl methyl sites for hydroxylation is 1. The summed E-state index contributed by atoms with van der Waals surface area (Å²) in [5.41, 5.74) is 1.93. The molecule has 0 bridgehead atoms. The third kappa shape index (κ3) is 4.34. The van der Waals surface area contributed by atoms with E-state index < -0.39 is 0 Å². The number of hydrogen-bond acceptors (Lipinski definition) is 4. The molecule has 17 heavy (non-hydrogen) atoms. The molecule has 0 aliphatic heterocycles. The fourth-order valence-corrected chi connectivity index (χ4v) is 1.46. The first-order valence-electron chi connectivity index (χ1n) is 5.80. The van der Waals surface area contributed by atoms with Gasteiger partial charge in [-0.2, -0.15) is 0 Å². The minimum absolute atomic E-state index is 0.182. The Bertz CT molecular complexity index is 377. The highest BCUT2D eigenvalue weighted by molar-refractivity contribution is 5.75. The van der Waals surface area contributed by atoms with Gasteiger partial charge in [0.05, 0.1) is 13.2 Å². The number of hydrogen-bond donors (Lipinski definition) is 1. The van der Waals surface area contributed by atoms with Crippen LogP contribution < -0.4 is 10.1 Å². The van der Waals surface area contributed by atoms with E-state index in [2.05, 4.69) is 5.32 Å². The summed E-state index contributed by atoms with van der Waals surface area (Å²) in [4.78, 5) is 11.2. The Morgan fingerprint density at radius 2 is 2.06 bits per heavy atom. The van der Waals surface area contributed by atoms with Crippen molar-refractivity contribution in [2.75, 3.05) is 25.1 Å². The van der Waals surface area contributed by atoms with Gasteiger partial charge in [-0.3, -0.25) is 4.79 Å². The minimum atomic E-state index is -0.251. The molecule has 0 saturated carbocycles. The standard InChI is InChI=1S/C13H19NO3/c1-4-16-12-7-6-11(8-10(12)3)14-9-13(15)17-5-2/h6-8,14H,4-5,9H2,1-3H3. The Hall–Kier alpha value is -1.71. The molecule has 0 fully saturated rings. The fraction of sp³-hybridized carbons (Fsp3) is 0.462. The third-order valence-electron chi connectivity index (χ3n) is 2.22. The van der Waals surface area contributed by atoms with Crippen LogP contribution in [0.3, 0.4) is 0 Å². The van der Waals surface area contributed by atoms with E-state index in [1.807, 2.05) is 32.0 Å². The van der Waals surface area contributed by atoms with Gasteiger partial charge in [-0.05, 0) is 44.5 Å². The smallest absolute Gasteiger partial charge is 0.325 e. The zero-order valence-corrected chi connectivity index (χ0v) is 10.6. The fourth-order valence-electron chi connectivity index (χ4n) is 1.46. The van der Waals surface area contributed by atoms with E-state index in [-0.39, 0.29) is 12.5 Å². The van der Waals surface area contributed by atoms with Crippen LogP contribution in [0.4, 0.5) is 5.69 Å². The van der Waals surface area contributed by atoms with E-state index in [4.69, 9.17) is 9.47 Å². The quantitative estimate of drug-likeness (QED) is 0.772. The number of carbonyl (C=O) groups excluding carboxylic acids is 1. The van der Waals surface area contributed by atoms with Crippen LogP contribution in [0.5, 0.6) is 5.75 Å². The summed E-state index contributed by atoms with van der Waals surface area (Å²) in [5, 5.41) is 3.01. The van der Waals surface area contributed by atoms with Crippen molar-refractivity contribution in [2.45, 2.75) is 20.8 Å². The van der Waals surface area contributed by atoms with Crippen molar-refractivity contribution in [2.24, 2.45) is 0 Å². The molecule has 94 valence electrons. The largest absolute Gasteiger partial charge is 0.494 e. The molecular weight excluding hydrogens is 218 g/mol. The summed E-state index contributed by atoms with van der Waals surface area (Å²) in [5.74, 6) is 0.619. The topological polar surface area (TPSA) is 47.6 Å². The molecule has 0 saturated heterocycles. The average Bonchev–Trinajstić information content (AvgIpc) is 2.30. The lowest BCUT2D eigenvalue weighted by atomic mass is 10.2. The zero-order valence-electron chi connectivity index (χ0n) is 10.6. The number of ether oxygens (including phenoxy) is 2. The number of carbonyl (C=O) groups is 1. The molecule has 0 aliphatic rings. The summed E-state index contributed by atoms with van der Waals surface area (Å²) in [6, 6.07) is 5.73.